The largest absolute Gasteiger partial charge is 0.354 e. The normalized spacial score (nSPS) is 21.4. The Bertz CT molecular complexity index is 2060. The van der Waals surface area contributed by atoms with Gasteiger partial charge in [0.2, 0.25) is 31.9 Å². The molecule has 2 aromatic heterocycles. The van der Waals surface area contributed by atoms with Crippen molar-refractivity contribution >= 4 is 31.9 Å². The molecule has 3 aliphatic rings. The number of sulfonamides is 2. The fourth-order valence-electron chi connectivity index (χ4n) is 6.94. The molecule has 0 unspecified atom stereocenters. The third-order valence-corrected chi connectivity index (χ3v) is 13.5. The first-order valence-corrected chi connectivity index (χ1v) is 22.3. The van der Waals surface area contributed by atoms with Gasteiger partial charge < -0.3 is 16.4 Å². The highest BCUT2D eigenvalue weighted by molar-refractivity contribution is 7.89. The number of hydrogen-bond acceptors (Lipinski definition) is 11. The van der Waals surface area contributed by atoms with Crippen LogP contribution in [0.15, 0.2) is 82.7 Å². The summed E-state index contributed by atoms with van der Waals surface area (Å²) in [4.78, 5) is 18.2. The zero-order valence-electron chi connectivity index (χ0n) is 31.3. The molecule has 56 heavy (non-hydrogen) atoms. The van der Waals surface area contributed by atoms with Crippen molar-refractivity contribution in [1.29, 1.82) is 0 Å². The number of anilines is 2. The summed E-state index contributed by atoms with van der Waals surface area (Å²) in [7, 11) is -7.17. The van der Waals surface area contributed by atoms with E-state index in [4.69, 9.17) is 5.73 Å². The summed E-state index contributed by atoms with van der Waals surface area (Å²) >= 11 is 0. The van der Waals surface area contributed by atoms with Crippen molar-refractivity contribution in [2.24, 2.45) is 29.4 Å². The molecule has 3 fully saturated rings. The maximum absolute atomic E-state index is 13.1. The van der Waals surface area contributed by atoms with E-state index in [1.807, 2.05) is 18.2 Å². The van der Waals surface area contributed by atoms with E-state index in [2.05, 4.69) is 40.0 Å². The average Bonchev–Trinajstić information content (AvgIpc) is 4.04. The van der Waals surface area contributed by atoms with Crippen LogP contribution in [0.5, 0.6) is 0 Å². The van der Waals surface area contributed by atoms with Gasteiger partial charge in [-0.3, -0.25) is 4.98 Å². The molecule has 3 aliphatic carbocycles. The fourth-order valence-corrected chi connectivity index (χ4v) is 9.17. The highest BCUT2D eigenvalue weighted by Gasteiger charge is 2.26. The van der Waals surface area contributed by atoms with Gasteiger partial charge in [0.15, 0.2) is 5.82 Å². The van der Waals surface area contributed by atoms with Gasteiger partial charge in [-0.25, -0.2) is 35.1 Å². The SMILES string of the molecule is NCC1CCC(CNS(=O)(=O)c2ccc(F)cc2)CC1.O=S(=O)(NCC1CCC(CNc2nc(NC3CC3)nc(-c3ccccn3)n2)CC1)c1ccc(F)cc1. The molecular formula is C39H51F2N9O4S2. The number of benzene rings is 2. The summed E-state index contributed by atoms with van der Waals surface area (Å²) in [6.45, 7) is 2.28. The van der Waals surface area contributed by atoms with Crippen molar-refractivity contribution in [2.45, 2.75) is 80.0 Å². The van der Waals surface area contributed by atoms with Crippen LogP contribution in [0.2, 0.25) is 0 Å². The van der Waals surface area contributed by atoms with E-state index >= 15 is 0 Å². The Morgan fingerprint density at radius 3 is 1.54 bits per heavy atom. The van der Waals surface area contributed by atoms with Crippen molar-refractivity contribution in [2.75, 3.05) is 36.8 Å². The van der Waals surface area contributed by atoms with E-state index < -0.39 is 31.7 Å². The first kappa shape index (κ1) is 41.5. The summed E-state index contributed by atoms with van der Waals surface area (Å²) in [5.74, 6) is 2.41. The van der Waals surface area contributed by atoms with Gasteiger partial charge in [-0.15, -0.1) is 0 Å². The highest BCUT2D eigenvalue weighted by atomic mass is 32.2. The van der Waals surface area contributed by atoms with Gasteiger partial charge in [0.05, 0.1) is 9.79 Å². The summed E-state index contributed by atoms with van der Waals surface area (Å²) in [5, 5.41) is 6.73. The Kier molecular flexibility index (Phi) is 14.3. The summed E-state index contributed by atoms with van der Waals surface area (Å²) in [6.07, 6.45) is 12.0. The molecule has 6 N–H and O–H groups in total. The number of halogens is 2. The molecule has 0 spiro atoms. The van der Waals surface area contributed by atoms with Crippen molar-refractivity contribution in [3.05, 3.63) is 84.6 Å². The summed E-state index contributed by atoms with van der Waals surface area (Å²) in [6, 6.07) is 15.8. The van der Waals surface area contributed by atoms with E-state index in [0.29, 0.717) is 66.8 Å². The number of aromatic nitrogens is 4. The van der Waals surface area contributed by atoms with Gasteiger partial charge >= 0.3 is 0 Å². The Balaban J connectivity index is 0.000000225. The van der Waals surface area contributed by atoms with Crippen molar-refractivity contribution in [1.82, 2.24) is 29.4 Å². The lowest BCUT2D eigenvalue weighted by Crippen LogP contribution is -2.32. The van der Waals surface area contributed by atoms with Crippen molar-refractivity contribution < 1.29 is 25.6 Å². The quantitative estimate of drug-likeness (QED) is 0.0987. The first-order valence-electron chi connectivity index (χ1n) is 19.3. The minimum absolute atomic E-state index is 0.0831. The van der Waals surface area contributed by atoms with Crippen LogP contribution in [0.1, 0.15) is 64.2 Å². The second kappa shape index (κ2) is 19.3. The second-order valence-corrected chi connectivity index (χ2v) is 18.5. The van der Waals surface area contributed by atoms with Crippen LogP contribution in [0, 0.1) is 35.3 Å². The molecule has 0 radical (unpaired) electrons. The predicted molar refractivity (Wildman–Crippen MR) is 211 cm³/mol. The molecule has 0 saturated heterocycles. The Labute approximate surface area is 328 Å². The molecule has 13 nitrogen and oxygen atoms in total. The molecular weight excluding hydrogens is 761 g/mol. The van der Waals surface area contributed by atoms with Gasteiger partial charge in [-0.05, 0) is 155 Å². The second-order valence-electron chi connectivity index (χ2n) is 14.9. The van der Waals surface area contributed by atoms with Gasteiger partial charge in [0.25, 0.3) is 0 Å². The number of rotatable bonds is 15. The number of pyridine rings is 1. The van der Waals surface area contributed by atoms with Crippen LogP contribution in [0.4, 0.5) is 20.7 Å². The molecule has 4 aromatic rings. The third-order valence-electron chi connectivity index (χ3n) is 10.6. The Morgan fingerprint density at radius 1 is 0.589 bits per heavy atom. The zero-order chi connectivity index (χ0) is 39.5. The fraction of sp³-hybridized carbons (Fsp3) is 0.487. The van der Waals surface area contributed by atoms with E-state index in [9.17, 15) is 25.6 Å². The molecule has 2 heterocycles. The van der Waals surface area contributed by atoms with E-state index in [1.54, 1.807) is 6.20 Å². The summed E-state index contributed by atoms with van der Waals surface area (Å²) < 4.78 is 80.2. The predicted octanol–water partition coefficient (Wildman–Crippen LogP) is 5.71. The molecule has 0 amide bonds. The molecule has 7 rings (SSSR count). The van der Waals surface area contributed by atoms with E-state index in [1.165, 1.54) is 24.3 Å². The number of nitrogens with two attached hydrogens (primary N) is 1. The monoisotopic (exact) mass is 811 g/mol. The lowest BCUT2D eigenvalue weighted by Gasteiger charge is -2.28. The minimum Gasteiger partial charge on any atom is -0.354 e. The van der Waals surface area contributed by atoms with Crippen LogP contribution in [-0.2, 0) is 20.0 Å². The maximum Gasteiger partial charge on any atom is 0.240 e. The van der Waals surface area contributed by atoms with E-state index in [-0.39, 0.29) is 15.7 Å². The molecule has 2 aromatic carbocycles. The number of nitrogens with one attached hydrogen (secondary N) is 4. The average molecular weight is 812 g/mol. The molecule has 0 aliphatic heterocycles. The van der Waals surface area contributed by atoms with Crippen LogP contribution in [0.25, 0.3) is 11.5 Å². The maximum atomic E-state index is 13.1. The van der Waals surface area contributed by atoms with Gasteiger partial charge in [-0.1, -0.05) is 6.07 Å². The topological polar surface area (TPSA) is 194 Å². The van der Waals surface area contributed by atoms with Gasteiger partial charge in [0, 0.05) is 31.9 Å². The van der Waals surface area contributed by atoms with E-state index in [0.717, 1.165) is 95.0 Å². The van der Waals surface area contributed by atoms with Gasteiger partial charge in [0.1, 0.15) is 17.3 Å². The first-order chi connectivity index (χ1) is 27.0. The third kappa shape index (κ3) is 12.4. The molecule has 0 atom stereocenters. The van der Waals surface area contributed by atoms with Crippen molar-refractivity contribution in [3.63, 3.8) is 0 Å². The smallest absolute Gasteiger partial charge is 0.240 e. The molecule has 0 bridgehead atoms. The van der Waals surface area contributed by atoms with Crippen molar-refractivity contribution in [3.8, 4) is 11.5 Å². The van der Waals surface area contributed by atoms with Crippen LogP contribution in [0.3, 0.4) is 0 Å². The molecule has 17 heteroatoms. The summed E-state index contributed by atoms with van der Waals surface area (Å²) in [5.41, 5.74) is 6.34. The zero-order valence-corrected chi connectivity index (χ0v) is 32.9. The van der Waals surface area contributed by atoms with Crippen LogP contribution >= 0.6 is 0 Å². The van der Waals surface area contributed by atoms with Gasteiger partial charge in [-0.2, -0.15) is 15.0 Å². The Morgan fingerprint density at radius 2 is 1.07 bits per heavy atom. The lowest BCUT2D eigenvalue weighted by atomic mass is 9.82. The highest BCUT2D eigenvalue weighted by Crippen LogP contribution is 2.30. The molecule has 302 valence electrons. The van der Waals surface area contributed by atoms with Crippen LogP contribution in [-0.4, -0.2) is 69.0 Å². The minimum atomic E-state index is -3.63. The van der Waals surface area contributed by atoms with Crippen LogP contribution < -0.4 is 25.8 Å². The lowest BCUT2D eigenvalue weighted by molar-refractivity contribution is 0.280. The molecule has 3 saturated carbocycles. The Hall–Kier alpha value is -4.16. The number of hydrogen-bond donors (Lipinski definition) is 5. The standard InChI is InChI=1S/C25H30FN7O2S.C14H21FN2O2S/c26-19-8-12-21(13-9-19)36(34,35)29-16-18-6-4-17(5-7-18)15-28-24-31-23(22-3-1-2-14-27-22)32-25(33-24)30-20-10-11-20;15-13-5-7-14(8-6-13)20(18,19)17-10-12-3-1-11(9-16)2-4-12/h1-3,8-9,12-14,17-18,20,29H,4-7,10-11,15-16H2,(H2,28,30,31,32,33);5-8,11-12,17H,1-4,9-10,16H2. The number of nitrogens with zero attached hydrogens (tertiary/aromatic N) is 4.